The molecule has 0 bridgehead atoms. The van der Waals surface area contributed by atoms with Crippen LogP contribution in [0.5, 0.6) is 11.5 Å². The Hall–Kier alpha value is -2.81. The van der Waals surface area contributed by atoms with E-state index in [0.29, 0.717) is 5.75 Å². The Morgan fingerprint density at radius 1 is 1.08 bits per heavy atom. The Morgan fingerprint density at radius 3 is 2.32 bits per heavy atom. The molecule has 7 nitrogen and oxygen atoms in total. The second kappa shape index (κ2) is 7.84. The van der Waals surface area contributed by atoms with E-state index in [2.05, 4.69) is 9.46 Å². The van der Waals surface area contributed by atoms with Crippen molar-refractivity contribution in [2.75, 3.05) is 25.5 Å². The molecule has 2 aromatic carbocycles. The highest BCUT2D eigenvalue weighted by molar-refractivity contribution is 7.92. The average Bonchev–Trinajstić information content (AvgIpc) is 2.59. The summed E-state index contributed by atoms with van der Waals surface area (Å²) in [7, 11) is -1.30. The molecule has 0 atom stereocenters. The Morgan fingerprint density at radius 2 is 1.72 bits per heavy atom. The fourth-order valence-electron chi connectivity index (χ4n) is 1.86. The van der Waals surface area contributed by atoms with Crippen molar-refractivity contribution in [3.8, 4) is 11.5 Å². The highest BCUT2D eigenvalue weighted by Crippen LogP contribution is 2.28. The van der Waals surface area contributed by atoms with Crippen molar-refractivity contribution in [1.29, 1.82) is 0 Å². The quantitative estimate of drug-likeness (QED) is 0.753. The molecule has 0 saturated heterocycles. The number of halogens is 1. The number of carbonyl (C=O) groups is 1. The number of ether oxygens (including phenoxy) is 3. The normalized spacial score (nSPS) is 10.8. The summed E-state index contributed by atoms with van der Waals surface area (Å²) < 4.78 is 54.8. The predicted molar refractivity (Wildman–Crippen MR) is 87.7 cm³/mol. The largest absolute Gasteiger partial charge is 0.497 e. The smallest absolute Gasteiger partial charge is 0.343 e. The molecule has 0 heterocycles. The maximum atomic E-state index is 12.9. The van der Waals surface area contributed by atoms with Crippen LogP contribution in [0.15, 0.2) is 47.4 Å². The molecule has 0 aliphatic heterocycles. The molecule has 9 heteroatoms. The van der Waals surface area contributed by atoms with Crippen molar-refractivity contribution in [2.24, 2.45) is 0 Å². The van der Waals surface area contributed by atoms with Gasteiger partial charge in [0.2, 0.25) is 0 Å². The van der Waals surface area contributed by atoms with Gasteiger partial charge in [-0.3, -0.25) is 4.72 Å². The van der Waals surface area contributed by atoms with Crippen molar-refractivity contribution in [3.05, 3.63) is 48.3 Å². The minimum atomic E-state index is -3.93. The van der Waals surface area contributed by atoms with Crippen molar-refractivity contribution in [3.63, 3.8) is 0 Å². The first kappa shape index (κ1) is 18.5. The van der Waals surface area contributed by atoms with Gasteiger partial charge in [0.15, 0.2) is 6.61 Å². The van der Waals surface area contributed by atoms with Crippen LogP contribution in [0.2, 0.25) is 0 Å². The van der Waals surface area contributed by atoms with Gasteiger partial charge >= 0.3 is 5.97 Å². The van der Waals surface area contributed by atoms with E-state index in [4.69, 9.17) is 9.47 Å². The summed E-state index contributed by atoms with van der Waals surface area (Å²) in [6.07, 6.45) is 0. The van der Waals surface area contributed by atoms with Crippen molar-refractivity contribution in [2.45, 2.75) is 4.90 Å². The Labute approximate surface area is 144 Å². The first-order valence-corrected chi connectivity index (χ1v) is 8.49. The van der Waals surface area contributed by atoms with E-state index in [1.54, 1.807) is 0 Å². The van der Waals surface area contributed by atoms with Crippen LogP contribution in [0, 0.1) is 5.82 Å². The molecule has 0 saturated carbocycles. The van der Waals surface area contributed by atoms with Gasteiger partial charge in [-0.25, -0.2) is 17.6 Å². The van der Waals surface area contributed by atoms with E-state index in [0.717, 1.165) is 24.3 Å². The third kappa shape index (κ3) is 5.08. The Kier molecular flexibility index (Phi) is 5.81. The van der Waals surface area contributed by atoms with E-state index >= 15 is 0 Å². The molecule has 0 fully saturated rings. The van der Waals surface area contributed by atoms with Crippen LogP contribution in [-0.4, -0.2) is 35.2 Å². The van der Waals surface area contributed by atoms with E-state index in [1.807, 2.05) is 0 Å². The summed E-state index contributed by atoms with van der Waals surface area (Å²) >= 11 is 0. The van der Waals surface area contributed by atoms with E-state index < -0.39 is 21.8 Å². The molecule has 134 valence electrons. The average molecular weight is 369 g/mol. The lowest BCUT2D eigenvalue weighted by atomic mass is 10.3. The molecule has 0 aliphatic rings. The third-order valence-corrected chi connectivity index (χ3v) is 4.47. The molecule has 0 spiro atoms. The first-order chi connectivity index (χ1) is 11.8. The second-order valence-electron chi connectivity index (χ2n) is 4.82. The van der Waals surface area contributed by atoms with Gasteiger partial charge in [0, 0.05) is 18.2 Å². The summed E-state index contributed by atoms with van der Waals surface area (Å²) in [5.41, 5.74) is 0.156. The molecule has 1 N–H and O–H groups in total. The number of anilines is 1. The number of hydrogen-bond donors (Lipinski definition) is 1. The molecular weight excluding hydrogens is 353 g/mol. The van der Waals surface area contributed by atoms with Crippen molar-refractivity contribution < 1.29 is 31.8 Å². The van der Waals surface area contributed by atoms with Gasteiger partial charge in [-0.2, -0.15) is 0 Å². The molecule has 25 heavy (non-hydrogen) atoms. The standard InChI is InChI=1S/C16H16FNO6S/c1-22-13-7-12(8-14(9-13)24-10-16(19)23-2)18-25(20,21)15-5-3-11(17)4-6-15/h3-9,18H,10H2,1-2H3. The topological polar surface area (TPSA) is 90.9 Å². The highest BCUT2D eigenvalue weighted by Gasteiger charge is 2.16. The Balaban J connectivity index is 2.25. The van der Waals surface area contributed by atoms with Crippen LogP contribution in [0.4, 0.5) is 10.1 Å². The van der Waals surface area contributed by atoms with Crippen LogP contribution >= 0.6 is 0 Å². The van der Waals surface area contributed by atoms with Gasteiger partial charge in [-0.05, 0) is 24.3 Å². The van der Waals surface area contributed by atoms with Gasteiger partial charge in [-0.15, -0.1) is 0 Å². The van der Waals surface area contributed by atoms with Gasteiger partial charge < -0.3 is 14.2 Å². The van der Waals surface area contributed by atoms with E-state index in [-0.39, 0.29) is 22.9 Å². The van der Waals surface area contributed by atoms with E-state index in [9.17, 15) is 17.6 Å². The molecular formula is C16H16FNO6S. The number of methoxy groups -OCH3 is 2. The van der Waals surface area contributed by atoms with Crippen molar-refractivity contribution >= 4 is 21.7 Å². The number of nitrogens with one attached hydrogen (secondary N) is 1. The lowest BCUT2D eigenvalue weighted by molar-refractivity contribution is -0.142. The first-order valence-electron chi connectivity index (χ1n) is 7.01. The number of esters is 1. The minimum Gasteiger partial charge on any atom is -0.497 e. The lowest BCUT2D eigenvalue weighted by Gasteiger charge is -2.12. The van der Waals surface area contributed by atoms with Crippen LogP contribution < -0.4 is 14.2 Å². The summed E-state index contributed by atoms with van der Waals surface area (Å²) in [6.45, 7) is -0.339. The molecule has 0 unspecified atom stereocenters. The van der Waals surface area contributed by atoms with Gasteiger partial charge in [0.25, 0.3) is 10.0 Å². The molecule has 0 aliphatic carbocycles. The lowest BCUT2D eigenvalue weighted by Crippen LogP contribution is -2.14. The Bertz CT molecular complexity index is 851. The van der Waals surface area contributed by atoms with Crippen LogP contribution in [0.25, 0.3) is 0 Å². The highest BCUT2D eigenvalue weighted by atomic mass is 32.2. The second-order valence-corrected chi connectivity index (χ2v) is 6.50. The number of rotatable bonds is 7. The van der Waals surface area contributed by atoms with Crippen LogP contribution in [0.3, 0.4) is 0 Å². The zero-order valence-corrected chi connectivity index (χ0v) is 14.3. The summed E-state index contributed by atoms with van der Waals surface area (Å²) in [5.74, 6) is -0.601. The van der Waals surface area contributed by atoms with Crippen LogP contribution in [0.1, 0.15) is 0 Å². The number of hydrogen-bond acceptors (Lipinski definition) is 6. The number of benzene rings is 2. The zero-order valence-electron chi connectivity index (χ0n) is 13.5. The molecule has 2 aromatic rings. The maximum absolute atomic E-state index is 12.9. The maximum Gasteiger partial charge on any atom is 0.343 e. The SMILES string of the molecule is COC(=O)COc1cc(NS(=O)(=O)c2ccc(F)cc2)cc(OC)c1. The summed E-state index contributed by atoms with van der Waals surface area (Å²) in [5, 5.41) is 0. The molecule has 2 rings (SSSR count). The van der Waals surface area contributed by atoms with Gasteiger partial charge in [0.1, 0.15) is 17.3 Å². The third-order valence-electron chi connectivity index (χ3n) is 3.08. The van der Waals surface area contributed by atoms with Gasteiger partial charge in [-0.1, -0.05) is 0 Å². The fourth-order valence-corrected chi connectivity index (χ4v) is 2.90. The fraction of sp³-hybridized carbons (Fsp3) is 0.188. The van der Waals surface area contributed by atoms with E-state index in [1.165, 1.54) is 32.4 Å². The monoisotopic (exact) mass is 369 g/mol. The number of carbonyl (C=O) groups excluding carboxylic acids is 1. The van der Waals surface area contributed by atoms with Crippen LogP contribution in [-0.2, 0) is 19.6 Å². The van der Waals surface area contributed by atoms with Gasteiger partial charge in [0.05, 0.1) is 24.8 Å². The zero-order chi connectivity index (χ0) is 18.4. The summed E-state index contributed by atoms with van der Waals surface area (Å²) in [4.78, 5) is 11.0. The molecule has 0 amide bonds. The summed E-state index contributed by atoms with van der Waals surface area (Å²) in [6, 6.07) is 8.69. The molecule has 0 radical (unpaired) electrons. The minimum absolute atomic E-state index is 0.103. The molecule has 0 aromatic heterocycles. The number of sulfonamides is 1. The van der Waals surface area contributed by atoms with Crippen molar-refractivity contribution in [1.82, 2.24) is 0 Å². The predicted octanol–water partition coefficient (Wildman–Crippen LogP) is 2.19.